The van der Waals surface area contributed by atoms with Crippen molar-refractivity contribution in [2.24, 2.45) is 0 Å². The molecule has 0 unspecified atom stereocenters. The van der Waals surface area contributed by atoms with Gasteiger partial charge in [0.05, 0.1) is 24.1 Å². The third-order valence-electron chi connectivity index (χ3n) is 6.88. The van der Waals surface area contributed by atoms with Crippen molar-refractivity contribution in [2.75, 3.05) is 37.4 Å². The van der Waals surface area contributed by atoms with Crippen LogP contribution in [0.15, 0.2) is 49.3 Å². The molecule has 1 aromatic carbocycles. The highest BCUT2D eigenvalue weighted by Gasteiger charge is 2.21. The van der Waals surface area contributed by atoms with Gasteiger partial charge < -0.3 is 20.7 Å². The molecule has 5 rings (SSSR count). The van der Waals surface area contributed by atoms with Crippen molar-refractivity contribution < 1.29 is 9.53 Å². The molecule has 3 aromatic heterocycles. The molecule has 1 aliphatic rings. The molecule has 0 saturated carbocycles. The number of pyridine rings is 1. The Labute approximate surface area is 243 Å². The first kappa shape index (κ1) is 28.2. The van der Waals surface area contributed by atoms with Crippen LogP contribution in [0.2, 0.25) is 5.02 Å². The van der Waals surface area contributed by atoms with E-state index >= 15 is 0 Å². The standard InChI is InChI=1S/C29H32ClN9O2/c1-4-32-29(40)20-11-23(41-3)26(30)27(18(20)2)38-28-21(14-31-16-36-28)22-12-25(35-17-34-22)37-24-8-7-19(13-33-24)15-39-9-5-6-10-39/h7-8,11-14,16-17H,4-6,9-10,15H2,1-3H3,(H,32,40)(H,31,36,38)(H,33,34,35,37). The molecule has 1 aliphatic heterocycles. The van der Waals surface area contributed by atoms with E-state index in [4.69, 9.17) is 16.3 Å². The first-order chi connectivity index (χ1) is 20.0. The Morgan fingerprint density at radius 1 is 1.02 bits per heavy atom. The summed E-state index contributed by atoms with van der Waals surface area (Å²) in [6.45, 7) is 7.36. The zero-order chi connectivity index (χ0) is 28.8. The lowest BCUT2D eigenvalue weighted by Crippen LogP contribution is -2.24. The van der Waals surface area contributed by atoms with Gasteiger partial charge in [0.15, 0.2) is 0 Å². The summed E-state index contributed by atoms with van der Waals surface area (Å²) in [5.74, 6) is 1.84. The molecule has 0 spiro atoms. The summed E-state index contributed by atoms with van der Waals surface area (Å²) in [5.41, 5.74) is 3.97. The van der Waals surface area contributed by atoms with E-state index in [0.29, 0.717) is 62.8 Å². The minimum Gasteiger partial charge on any atom is -0.495 e. The van der Waals surface area contributed by atoms with Crippen LogP contribution in [0.25, 0.3) is 11.3 Å². The third-order valence-corrected chi connectivity index (χ3v) is 7.25. The van der Waals surface area contributed by atoms with Crippen LogP contribution in [-0.4, -0.2) is 62.5 Å². The summed E-state index contributed by atoms with van der Waals surface area (Å²) >= 11 is 6.68. The SMILES string of the molecule is CCNC(=O)c1cc(OC)c(Cl)c(Nc2ncncc2-c2cc(Nc3ccc(CN4CCCC4)cn3)ncn2)c1C. The van der Waals surface area contributed by atoms with E-state index in [1.165, 1.54) is 38.2 Å². The maximum absolute atomic E-state index is 12.7. The molecule has 4 heterocycles. The Bertz CT molecular complexity index is 1530. The van der Waals surface area contributed by atoms with Crippen LogP contribution in [0, 0.1) is 6.92 Å². The fourth-order valence-corrected chi connectivity index (χ4v) is 5.06. The van der Waals surface area contributed by atoms with E-state index in [1.807, 2.05) is 26.1 Å². The number of ether oxygens (including phenoxy) is 1. The van der Waals surface area contributed by atoms with Crippen LogP contribution in [0.4, 0.5) is 23.1 Å². The van der Waals surface area contributed by atoms with E-state index < -0.39 is 0 Å². The monoisotopic (exact) mass is 573 g/mol. The second kappa shape index (κ2) is 12.9. The molecule has 212 valence electrons. The summed E-state index contributed by atoms with van der Waals surface area (Å²) in [7, 11) is 1.50. The molecule has 1 saturated heterocycles. The largest absolute Gasteiger partial charge is 0.495 e. The number of anilines is 4. The Hall–Kier alpha value is -4.35. The summed E-state index contributed by atoms with van der Waals surface area (Å²) in [5, 5.41) is 9.69. The topological polar surface area (TPSA) is 130 Å². The highest BCUT2D eigenvalue weighted by Crippen LogP contribution is 2.40. The molecular weight excluding hydrogens is 542 g/mol. The van der Waals surface area contributed by atoms with Crippen LogP contribution in [0.5, 0.6) is 5.75 Å². The molecular formula is C29H32ClN9O2. The molecule has 12 heteroatoms. The van der Waals surface area contributed by atoms with E-state index in [1.54, 1.807) is 18.3 Å². The van der Waals surface area contributed by atoms with E-state index in [-0.39, 0.29) is 5.91 Å². The van der Waals surface area contributed by atoms with Crippen molar-refractivity contribution in [3.05, 3.63) is 71.0 Å². The van der Waals surface area contributed by atoms with Crippen molar-refractivity contribution in [1.29, 1.82) is 0 Å². The summed E-state index contributed by atoms with van der Waals surface area (Å²) in [4.78, 5) is 37.2. The van der Waals surface area contributed by atoms with Crippen molar-refractivity contribution in [1.82, 2.24) is 35.1 Å². The highest BCUT2D eigenvalue weighted by atomic mass is 35.5. The van der Waals surface area contributed by atoms with Crippen LogP contribution < -0.4 is 20.7 Å². The molecule has 0 radical (unpaired) electrons. The number of carbonyl (C=O) groups excluding carboxylic acids is 1. The van der Waals surface area contributed by atoms with Gasteiger partial charge in [-0.25, -0.2) is 24.9 Å². The van der Waals surface area contributed by atoms with Crippen molar-refractivity contribution >= 4 is 40.6 Å². The van der Waals surface area contributed by atoms with Crippen LogP contribution in [0.3, 0.4) is 0 Å². The predicted molar refractivity (Wildman–Crippen MR) is 159 cm³/mol. The zero-order valence-electron chi connectivity index (χ0n) is 23.2. The molecule has 11 nitrogen and oxygen atoms in total. The molecule has 0 bridgehead atoms. The fourth-order valence-electron chi connectivity index (χ4n) is 4.74. The summed E-state index contributed by atoms with van der Waals surface area (Å²) < 4.78 is 5.45. The predicted octanol–water partition coefficient (Wildman–Crippen LogP) is 5.13. The lowest BCUT2D eigenvalue weighted by Gasteiger charge is -2.18. The zero-order valence-corrected chi connectivity index (χ0v) is 24.0. The quantitative estimate of drug-likeness (QED) is 0.235. The van der Waals surface area contributed by atoms with Gasteiger partial charge in [0.2, 0.25) is 0 Å². The average Bonchev–Trinajstić information content (AvgIpc) is 3.50. The summed E-state index contributed by atoms with van der Waals surface area (Å²) in [6, 6.07) is 7.46. The van der Waals surface area contributed by atoms with Gasteiger partial charge in [0.1, 0.15) is 40.9 Å². The van der Waals surface area contributed by atoms with Gasteiger partial charge in [-0.3, -0.25) is 9.69 Å². The smallest absolute Gasteiger partial charge is 0.251 e. The number of hydrogen-bond donors (Lipinski definition) is 3. The second-order valence-electron chi connectivity index (χ2n) is 9.66. The number of halogens is 1. The van der Waals surface area contributed by atoms with Crippen LogP contribution in [-0.2, 0) is 6.54 Å². The van der Waals surface area contributed by atoms with Gasteiger partial charge in [-0.05, 0) is 63.0 Å². The normalized spacial score (nSPS) is 13.2. The lowest BCUT2D eigenvalue weighted by atomic mass is 10.0. The number of methoxy groups -OCH3 is 1. The first-order valence-electron chi connectivity index (χ1n) is 13.5. The van der Waals surface area contributed by atoms with Crippen LogP contribution >= 0.6 is 11.6 Å². The number of rotatable bonds is 10. The molecule has 1 amide bonds. The Morgan fingerprint density at radius 2 is 1.85 bits per heavy atom. The number of nitrogens with zero attached hydrogens (tertiary/aromatic N) is 6. The number of hydrogen-bond acceptors (Lipinski definition) is 10. The van der Waals surface area contributed by atoms with Gasteiger partial charge in [-0.2, -0.15) is 0 Å². The maximum atomic E-state index is 12.7. The number of nitrogens with one attached hydrogen (secondary N) is 3. The molecule has 1 fully saturated rings. The Kier molecular flexibility index (Phi) is 8.85. The van der Waals surface area contributed by atoms with Crippen molar-refractivity contribution in [2.45, 2.75) is 33.2 Å². The number of aromatic nitrogens is 5. The minimum atomic E-state index is -0.227. The van der Waals surface area contributed by atoms with Gasteiger partial charge >= 0.3 is 0 Å². The van der Waals surface area contributed by atoms with Crippen LogP contribution in [0.1, 0.15) is 41.3 Å². The van der Waals surface area contributed by atoms with E-state index in [2.05, 4.69) is 51.8 Å². The number of likely N-dealkylation sites (tertiary alicyclic amines) is 1. The molecule has 0 aliphatic carbocycles. The van der Waals surface area contributed by atoms with E-state index in [0.717, 1.165) is 19.6 Å². The van der Waals surface area contributed by atoms with Crippen molar-refractivity contribution in [3.63, 3.8) is 0 Å². The Balaban J connectivity index is 1.40. The third kappa shape index (κ3) is 6.53. The molecule has 0 atom stereocenters. The van der Waals surface area contributed by atoms with E-state index in [9.17, 15) is 4.79 Å². The fraction of sp³-hybridized carbons (Fsp3) is 0.310. The van der Waals surface area contributed by atoms with Gasteiger partial charge in [-0.1, -0.05) is 17.7 Å². The van der Waals surface area contributed by atoms with Gasteiger partial charge in [0.25, 0.3) is 5.91 Å². The lowest BCUT2D eigenvalue weighted by molar-refractivity contribution is 0.0955. The molecule has 41 heavy (non-hydrogen) atoms. The minimum absolute atomic E-state index is 0.227. The molecule has 4 aromatic rings. The Morgan fingerprint density at radius 3 is 2.59 bits per heavy atom. The number of amides is 1. The average molecular weight is 574 g/mol. The summed E-state index contributed by atoms with van der Waals surface area (Å²) in [6.07, 6.45) is 8.96. The highest BCUT2D eigenvalue weighted by molar-refractivity contribution is 6.35. The number of carbonyl (C=O) groups is 1. The number of benzene rings is 1. The maximum Gasteiger partial charge on any atom is 0.251 e. The van der Waals surface area contributed by atoms with Gasteiger partial charge in [-0.15, -0.1) is 0 Å². The molecule has 3 N–H and O–H groups in total. The first-order valence-corrected chi connectivity index (χ1v) is 13.8. The van der Waals surface area contributed by atoms with Gasteiger partial charge in [0, 0.05) is 37.1 Å². The van der Waals surface area contributed by atoms with Crippen molar-refractivity contribution in [3.8, 4) is 17.0 Å². The second-order valence-corrected chi connectivity index (χ2v) is 10.0.